The molecule has 0 radical (unpaired) electrons. The normalized spacial score (nSPS) is 10.9. The van der Waals surface area contributed by atoms with Gasteiger partial charge in [-0.2, -0.15) is 0 Å². The van der Waals surface area contributed by atoms with Crippen molar-refractivity contribution in [2.24, 2.45) is 0 Å². The molecule has 3 heteroatoms. The van der Waals surface area contributed by atoms with E-state index in [2.05, 4.69) is 43.4 Å². The summed E-state index contributed by atoms with van der Waals surface area (Å²) in [6.45, 7) is 8.32. The molecule has 0 saturated heterocycles. The van der Waals surface area contributed by atoms with Crippen molar-refractivity contribution in [1.82, 2.24) is 0 Å². The zero-order valence-electron chi connectivity index (χ0n) is 15.0. The first-order valence-electron chi connectivity index (χ1n) is 8.59. The Kier molecular flexibility index (Phi) is 6.42. The van der Waals surface area contributed by atoms with Gasteiger partial charge < -0.3 is 10.1 Å². The molecule has 0 aliphatic rings. The Bertz CT molecular complexity index is 660. The van der Waals surface area contributed by atoms with Crippen molar-refractivity contribution in [3.63, 3.8) is 0 Å². The number of amides is 1. The second-order valence-corrected chi connectivity index (χ2v) is 6.64. The number of carbonyl (C=O) groups excluding carboxylic acids is 1. The minimum atomic E-state index is 0.0182. The van der Waals surface area contributed by atoms with Crippen LogP contribution < -0.4 is 10.1 Å². The summed E-state index contributed by atoms with van der Waals surface area (Å²) in [5.74, 6) is 1.32. The molecule has 1 amide bonds. The first kappa shape index (κ1) is 18.1. The number of rotatable bonds is 7. The van der Waals surface area contributed by atoms with Gasteiger partial charge in [0.25, 0.3) is 0 Å². The maximum atomic E-state index is 12.1. The number of hydrogen-bond donors (Lipinski definition) is 1. The second kappa shape index (κ2) is 8.53. The highest BCUT2D eigenvalue weighted by Crippen LogP contribution is 2.19. The van der Waals surface area contributed by atoms with Gasteiger partial charge in [-0.15, -0.1) is 0 Å². The monoisotopic (exact) mass is 325 g/mol. The van der Waals surface area contributed by atoms with Crippen LogP contribution >= 0.6 is 0 Å². The molecular weight excluding hydrogens is 298 g/mol. The third-order valence-corrected chi connectivity index (χ3v) is 3.78. The minimum Gasteiger partial charge on any atom is -0.491 e. The highest BCUT2D eigenvalue weighted by molar-refractivity contribution is 5.91. The van der Waals surface area contributed by atoms with Crippen LogP contribution in [0.2, 0.25) is 0 Å². The Morgan fingerprint density at radius 3 is 2.38 bits per heavy atom. The number of nitrogens with one attached hydrogen (secondary N) is 1. The van der Waals surface area contributed by atoms with Crippen molar-refractivity contribution in [1.29, 1.82) is 0 Å². The van der Waals surface area contributed by atoms with Crippen LogP contribution in [0.4, 0.5) is 5.69 Å². The van der Waals surface area contributed by atoms with Gasteiger partial charge in [-0.25, -0.2) is 0 Å². The molecule has 24 heavy (non-hydrogen) atoms. The van der Waals surface area contributed by atoms with Gasteiger partial charge in [0.15, 0.2) is 0 Å². The molecule has 0 spiro atoms. The van der Waals surface area contributed by atoms with E-state index in [1.165, 1.54) is 11.1 Å². The molecule has 2 aromatic rings. The molecule has 1 N–H and O–H groups in total. The molecule has 2 rings (SSSR count). The van der Waals surface area contributed by atoms with Gasteiger partial charge in [0.1, 0.15) is 5.75 Å². The molecule has 0 atom stereocenters. The molecule has 0 aromatic heterocycles. The Labute approximate surface area is 145 Å². The van der Waals surface area contributed by atoms with Crippen molar-refractivity contribution < 1.29 is 9.53 Å². The van der Waals surface area contributed by atoms with Gasteiger partial charge in [-0.3, -0.25) is 4.79 Å². The van der Waals surface area contributed by atoms with E-state index in [0.717, 1.165) is 17.9 Å². The van der Waals surface area contributed by atoms with E-state index in [1.807, 2.05) is 38.1 Å². The van der Waals surface area contributed by atoms with Gasteiger partial charge in [0.2, 0.25) is 5.91 Å². The molecule has 128 valence electrons. The summed E-state index contributed by atoms with van der Waals surface area (Å²) < 4.78 is 5.64. The fourth-order valence-corrected chi connectivity index (χ4v) is 2.47. The SMILES string of the molecule is CC(C)Oc1cccc(NC(=O)CCc2ccc(C(C)C)cc2)c1. The quantitative estimate of drug-likeness (QED) is 0.763. The number of carbonyl (C=O) groups is 1. The first-order valence-corrected chi connectivity index (χ1v) is 8.59. The maximum absolute atomic E-state index is 12.1. The smallest absolute Gasteiger partial charge is 0.224 e. The largest absolute Gasteiger partial charge is 0.491 e. The third kappa shape index (κ3) is 5.73. The Morgan fingerprint density at radius 1 is 1.04 bits per heavy atom. The van der Waals surface area contributed by atoms with E-state index in [-0.39, 0.29) is 12.0 Å². The summed E-state index contributed by atoms with van der Waals surface area (Å²) >= 11 is 0. The average molecular weight is 325 g/mol. The minimum absolute atomic E-state index is 0.0182. The van der Waals surface area contributed by atoms with Crippen LogP contribution in [-0.2, 0) is 11.2 Å². The van der Waals surface area contributed by atoms with Crippen molar-refractivity contribution in [3.8, 4) is 5.75 Å². The zero-order valence-corrected chi connectivity index (χ0v) is 15.0. The molecule has 0 heterocycles. The fraction of sp³-hybridized carbons (Fsp3) is 0.381. The van der Waals surface area contributed by atoms with E-state index in [4.69, 9.17) is 4.74 Å². The second-order valence-electron chi connectivity index (χ2n) is 6.64. The van der Waals surface area contributed by atoms with Crippen LogP contribution in [-0.4, -0.2) is 12.0 Å². The molecule has 0 fully saturated rings. The Hall–Kier alpha value is -2.29. The molecule has 0 aliphatic heterocycles. The third-order valence-electron chi connectivity index (χ3n) is 3.78. The molecule has 3 nitrogen and oxygen atoms in total. The van der Waals surface area contributed by atoms with Crippen LogP contribution in [0.15, 0.2) is 48.5 Å². The van der Waals surface area contributed by atoms with Crippen LogP contribution in [0.1, 0.15) is 51.2 Å². The van der Waals surface area contributed by atoms with Gasteiger partial charge in [0.05, 0.1) is 6.10 Å². The van der Waals surface area contributed by atoms with Gasteiger partial charge in [-0.05, 0) is 49.4 Å². The van der Waals surface area contributed by atoms with Crippen LogP contribution in [0, 0.1) is 0 Å². The van der Waals surface area contributed by atoms with Crippen molar-refractivity contribution in [2.75, 3.05) is 5.32 Å². The lowest BCUT2D eigenvalue weighted by molar-refractivity contribution is -0.116. The van der Waals surface area contributed by atoms with Gasteiger partial charge in [0, 0.05) is 18.2 Å². The van der Waals surface area contributed by atoms with Crippen molar-refractivity contribution >= 4 is 11.6 Å². The number of anilines is 1. The molecule has 0 unspecified atom stereocenters. The fourth-order valence-electron chi connectivity index (χ4n) is 2.47. The molecule has 0 bridgehead atoms. The Balaban J connectivity index is 1.87. The lowest BCUT2D eigenvalue weighted by Crippen LogP contribution is -2.12. The van der Waals surface area contributed by atoms with Crippen LogP contribution in [0.3, 0.4) is 0 Å². The summed E-state index contributed by atoms with van der Waals surface area (Å²) in [6.07, 6.45) is 1.33. The van der Waals surface area contributed by atoms with Crippen molar-refractivity contribution in [3.05, 3.63) is 59.7 Å². The summed E-state index contributed by atoms with van der Waals surface area (Å²) in [6, 6.07) is 16.0. The molecule has 2 aromatic carbocycles. The highest BCUT2D eigenvalue weighted by Gasteiger charge is 2.06. The van der Waals surface area contributed by atoms with Crippen molar-refractivity contribution in [2.45, 2.75) is 52.6 Å². The zero-order chi connectivity index (χ0) is 17.5. The summed E-state index contributed by atoms with van der Waals surface area (Å²) in [7, 11) is 0. The van der Waals surface area contributed by atoms with Crippen LogP contribution in [0.25, 0.3) is 0 Å². The lowest BCUT2D eigenvalue weighted by atomic mass is 10.0. The van der Waals surface area contributed by atoms with Crippen LogP contribution in [0.5, 0.6) is 5.75 Å². The van der Waals surface area contributed by atoms with Gasteiger partial charge in [-0.1, -0.05) is 44.2 Å². The predicted octanol–water partition coefficient (Wildman–Crippen LogP) is 5.17. The van der Waals surface area contributed by atoms with Gasteiger partial charge >= 0.3 is 0 Å². The topological polar surface area (TPSA) is 38.3 Å². The van der Waals surface area contributed by atoms with E-state index in [9.17, 15) is 4.79 Å². The molecule has 0 aliphatic carbocycles. The number of aryl methyl sites for hydroxylation is 1. The average Bonchev–Trinajstić information content (AvgIpc) is 2.53. The number of ether oxygens (including phenoxy) is 1. The van der Waals surface area contributed by atoms with E-state index in [1.54, 1.807) is 0 Å². The summed E-state index contributed by atoms with van der Waals surface area (Å²) in [4.78, 5) is 12.1. The first-order chi connectivity index (χ1) is 11.4. The number of benzene rings is 2. The molecular formula is C21H27NO2. The maximum Gasteiger partial charge on any atom is 0.224 e. The lowest BCUT2D eigenvalue weighted by Gasteiger charge is -2.11. The predicted molar refractivity (Wildman–Crippen MR) is 99.7 cm³/mol. The van der Waals surface area contributed by atoms with E-state index in [0.29, 0.717) is 12.3 Å². The number of hydrogen-bond acceptors (Lipinski definition) is 2. The van der Waals surface area contributed by atoms with E-state index >= 15 is 0 Å². The summed E-state index contributed by atoms with van der Waals surface area (Å²) in [5.41, 5.74) is 3.28. The summed E-state index contributed by atoms with van der Waals surface area (Å²) in [5, 5.41) is 2.94. The Morgan fingerprint density at radius 2 is 1.75 bits per heavy atom. The van der Waals surface area contributed by atoms with E-state index < -0.39 is 0 Å². The molecule has 0 saturated carbocycles. The standard InChI is InChI=1S/C21H27NO2/c1-15(2)18-11-8-17(9-12-18)10-13-21(23)22-19-6-5-7-20(14-19)24-16(3)4/h5-9,11-12,14-16H,10,13H2,1-4H3,(H,22,23). The highest BCUT2D eigenvalue weighted by atomic mass is 16.5.